The molecule has 0 spiro atoms. The number of fused-ring (bicyclic) bond motifs is 1. The van der Waals surface area contributed by atoms with Crippen LogP contribution in [0.5, 0.6) is 5.75 Å². The van der Waals surface area contributed by atoms with Crippen molar-refractivity contribution in [2.24, 2.45) is 0 Å². The molecular weight excluding hydrogens is 468 g/mol. The summed E-state index contributed by atoms with van der Waals surface area (Å²) in [5.74, 6) is 1.34. The number of nitrogens with zero attached hydrogens (tertiary/aromatic N) is 3. The smallest absolute Gasteiger partial charge is 0.182 e. The zero-order valence-electron chi connectivity index (χ0n) is 19.6. The van der Waals surface area contributed by atoms with E-state index in [0.717, 1.165) is 34.5 Å². The Hall–Kier alpha value is -4.56. The number of aromatic nitrogens is 3. The molecule has 0 saturated heterocycles. The van der Waals surface area contributed by atoms with Crippen molar-refractivity contribution >= 4 is 45.8 Å². The first-order valence-corrected chi connectivity index (χ1v) is 11.9. The molecule has 0 unspecified atom stereocenters. The lowest BCUT2D eigenvalue weighted by Crippen LogP contribution is -2.28. The first-order valence-electron chi connectivity index (χ1n) is 11.5. The quantitative estimate of drug-likeness (QED) is 0.166. The normalized spacial score (nSPS) is 10.7. The van der Waals surface area contributed by atoms with Crippen LogP contribution < -0.4 is 16.0 Å². The summed E-state index contributed by atoms with van der Waals surface area (Å²) in [5.41, 5.74) is 5.17. The molecule has 0 aliphatic rings. The monoisotopic (exact) mass is 492 g/mol. The fourth-order valence-corrected chi connectivity index (χ4v) is 4.13. The summed E-state index contributed by atoms with van der Waals surface area (Å²) < 4.78 is 0. The number of nitrogens with one attached hydrogen (secondary N) is 3. The van der Waals surface area contributed by atoms with Gasteiger partial charge in [-0.05, 0) is 54.5 Å². The highest BCUT2D eigenvalue weighted by atomic mass is 32.1. The van der Waals surface area contributed by atoms with E-state index in [-0.39, 0.29) is 5.75 Å². The molecule has 0 fully saturated rings. The van der Waals surface area contributed by atoms with Crippen molar-refractivity contribution in [2.75, 3.05) is 17.2 Å². The van der Waals surface area contributed by atoms with Crippen molar-refractivity contribution in [3.63, 3.8) is 0 Å². The minimum atomic E-state index is 0.219. The fourth-order valence-electron chi connectivity index (χ4n) is 3.88. The molecule has 2 aromatic heterocycles. The van der Waals surface area contributed by atoms with E-state index in [2.05, 4.69) is 30.9 Å². The van der Waals surface area contributed by atoms with Gasteiger partial charge in [0.25, 0.3) is 0 Å². The Morgan fingerprint density at radius 1 is 0.833 bits per heavy atom. The number of thiocarbonyl (C=S) groups is 1. The number of phenols is 1. The topological polar surface area (TPSA) is 95.0 Å². The van der Waals surface area contributed by atoms with E-state index in [1.54, 1.807) is 6.20 Å². The van der Waals surface area contributed by atoms with E-state index in [1.807, 2.05) is 91.9 Å². The van der Waals surface area contributed by atoms with Gasteiger partial charge in [0.1, 0.15) is 17.1 Å². The van der Waals surface area contributed by atoms with Crippen LogP contribution in [0.3, 0.4) is 0 Å². The van der Waals surface area contributed by atoms with Crippen molar-refractivity contribution in [3.8, 4) is 28.0 Å². The van der Waals surface area contributed by atoms with Gasteiger partial charge in [0.05, 0.1) is 6.20 Å². The summed E-state index contributed by atoms with van der Waals surface area (Å²) in [6, 6.07) is 27.1. The third-order valence-corrected chi connectivity index (χ3v) is 5.78. The molecule has 4 N–H and O–H groups in total. The highest BCUT2D eigenvalue weighted by Gasteiger charge is 2.14. The average Bonchev–Trinajstić information content (AvgIpc) is 2.90. The van der Waals surface area contributed by atoms with Crippen molar-refractivity contribution < 1.29 is 5.11 Å². The lowest BCUT2D eigenvalue weighted by Gasteiger charge is -2.15. The van der Waals surface area contributed by atoms with Crippen LogP contribution in [-0.4, -0.2) is 31.7 Å². The molecule has 7 nitrogen and oxygen atoms in total. The lowest BCUT2D eigenvalue weighted by molar-refractivity contribution is 0.479. The minimum Gasteiger partial charge on any atom is -0.507 e. The highest BCUT2D eigenvalue weighted by Crippen LogP contribution is 2.41. The van der Waals surface area contributed by atoms with Gasteiger partial charge in [-0.15, -0.1) is 0 Å². The molecule has 0 aliphatic carbocycles. The van der Waals surface area contributed by atoms with Crippen LogP contribution in [0.4, 0.5) is 17.3 Å². The number of aromatic hydroxyl groups is 1. The molecule has 0 radical (unpaired) electrons. The van der Waals surface area contributed by atoms with Gasteiger partial charge in [0.2, 0.25) is 0 Å². The summed E-state index contributed by atoms with van der Waals surface area (Å²) in [7, 11) is 0. The van der Waals surface area contributed by atoms with Gasteiger partial charge in [-0.25, -0.2) is 15.0 Å². The molecule has 0 amide bonds. The van der Waals surface area contributed by atoms with Crippen LogP contribution >= 0.6 is 12.2 Å². The maximum absolute atomic E-state index is 11.2. The SMILES string of the molecule is CCNC(=S)Nc1ccc2ncc(Nc3cc(-c4ccccc4)c(O)c(-c4ccccc4)c3)nc2n1. The number of benzene rings is 3. The third kappa shape index (κ3) is 5.08. The maximum Gasteiger partial charge on any atom is 0.182 e. The first-order chi connectivity index (χ1) is 17.6. The molecule has 0 atom stereocenters. The molecule has 0 aliphatic heterocycles. The van der Waals surface area contributed by atoms with Gasteiger partial charge in [-0.3, -0.25) is 0 Å². The number of rotatable bonds is 6. The van der Waals surface area contributed by atoms with Gasteiger partial charge < -0.3 is 21.1 Å². The van der Waals surface area contributed by atoms with Crippen molar-refractivity contribution in [3.05, 3.63) is 91.1 Å². The molecule has 178 valence electrons. The van der Waals surface area contributed by atoms with Crippen LogP contribution in [0.1, 0.15) is 6.92 Å². The molecule has 8 heteroatoms. The van der Waals surface area contributed by atoms with E-state index in [0.29, 0.717) is 27.9 Å². The van der Waals surface area contributed by atoms with Crippen LogP contribution in [0.25, 0.3) is 33.4 Å². The summed E-state index contributed by atoms with van der Waals surface area (Å²) in [5, 5.41) is 21.1. The van der Waals surface area contributed by atoms with Crippen LogP contribution in [0.2, 0.25) is 0 Å². The van der Waals surface area contributed by atoms with Crippen molar-refractivity contribution in [1.29, 1.82) is 0 Å². The predicted molar refractivity (Wildman–Crippen MR) is 149 cm³/mol. The van der Waals surface area contributed by atoms with Gasteiger partial charge in [0.15, 0.2) is 16.6 Å². The van der Waals surface area contributed by atoms with Crippen LogP contribution in [-0.2, 0) is 0 Å². The number of phenolic OH excluding ortho intramolecular Hbond substituents is 1. The van der Waals surface area contributed by atoms with Crippen molar-refractivity contribution in [2.45, 2.75) is 6.92 Å². The largest absolute Gasteiger partial charge is 0.507 e. The van der Waals surface area contributed by atoms with Gasteiger partial charge in [0, 0.05) is 23.4 Å². The molecule has 5 aromatic rings. The van der Waals surface area contributed by atoms with E-state index in [9.17, 15) is 5.11 Å². The average molecular weight is 493 g/mol. The minimum absolute atomic E-state index is 0.219. The molecule has 3 aromatic carbocycles. The summed E-state index contributed by atoms with van der Waals surface area (Å²) in [4.78, 5) is 13.7. The molecule has 5 rings (SSSR count). The van der Waals surface area contributed by atoms with E-state index < -0.39 is 0 Å². The number of anilines is 3. The van der Waals surface area contributed by atoms with E-state index in [1.165, 1.54) is 0 Å². The predicted octanol–water partition coefficient (Wildman–Crippen LogP) is 6.11. The Labute approximate surface area is 214 Å². The lowest BCUT2D eigenvalue weighted by atomic mass is 9.96. The van der Waals surface area contributed by atoms with E-state index in [4.69, 9.17) is 12.2 Å². The zero-order valence-corrected chi connectivity index (χ0v) is 20.4. The second kappa shape index (κ2) is 10.4. The van der Waals surface area contributed by atoms with Gasteiger partial charge in [-0.1, -0.05) is 60.7 Å². The van der Waals surface area contributed by atoms with Crippen LogP contribution in [0.15, 0.2) is 91.1 Å². The number of hydrogen-bond acceptors (Lipinski definition) is 6. The highest BCUT2D eigenvalue weighted by molar-refractivity contribution is 7.80. The second-order valence-electron chi connectivity index (χ2n) is 8.06. The molecular formula is C28H24N6OS. The Morgan fingerprint density at radius 2 is 1.44 bits per heavy atom. The zero-order chi connectivity index (χ0) is 24.9. The standard InChI is InChI=1S/C28H24N6OS/c1-2-29-28(36)34-24-14-13-23-27(32-24)33-25(17-30-23)31-20-15-21(18-9-5-3-6-10-18)26(35)22(16-20)19-11-7-4-8-12-19/h3-17,35H,2H2,1H3,(H3,29,31,32,33,34,36). The second-order valence-corrected chi connectivity index (χ2v) is 8.46. The Morgan fingerprint density at radius 3 is 2.06 bits per heavy atom. The fraction of sp³-hybridized carbons (Fsp3) is 0.0714. The van der Waals surface area contributed by atoms with E-state index >= 15 is 0 Å². The van der Waals surface area contributed by atoms with Crippen LogP contribution in [0, 0.1) is 0 Å². The molecule has 0 saturated carbocycles. The van der Waals surface area contributed by atoms with Gasteiger partial charge in [-0.2, -0.15) is 0 Å². The number of pyridine rings is 1. The number of hydrogen-bond donors (Lipinski definition) is 4. The summed E-state index contributed by atoms with van der Waals surface area (Å²) in [6.07, 6.45) is 1.66. The third-order valence-electron chi connectivity index (χ3n) is 5.54. The van der Waals surface area contributed by atoms with Gasteiger partial charge >= 0.3 is 0 Å². The Balaban J connectivity index is 1.53. The summed E-state index contributed by atoms with van der Waals surface area (Å²) >= 11 is 5.25. The Kier molecular flexibility index (Phi) is 6.68. The Bertz CT molecular complexity index is 1470. The molecule has 0 bridgehead atoms. The maximum atomic E-state index is 11.2. The van der Waals surface area contributed by atoms with Crippen molar-refractivity contribution in [1.82, 2.24) is 20.3 Å². The summed E-state index contributed by atoms with van der Waals surface area (Å²) in [6.45, 7) is 2.69. The molecule has 2 heterocycles. The first kappa shape index (κ1) is 23.2. The molecule has 36 heavy (non-hydrogen) atoms.